The Bertz CT molecular complexity index is 1400. The molecule has 8 heteroatoms. The van der Waals surface area contributed by atoms with Crippen molar-refractivity contribution < 1.29 is 9.53 Å². The topological polar surface area (TPSA) is 73.2 Å². The molecule has 1 unspecified atom stereocenters. The number of halogens is 1. The van der Waals surface area contributed by atoms with Crippen LogP contribution in [0.25, 0.3) is 21.7 Å². The van der Waals surface area contributed by atoms with Gasteiger partial charge in [0.05, 0.1) is 29.3 Å². The first kappa shape index (κ1) is 21.9. The van der Waals surface area contributed by atoms with Gasteiger partial charge in [0.1, 0.15) is 0 Å². The van der Waals surface area contributed by atoms with E-state index >= 15 is 0 Å². The molecule has 33 heavy (non-hydrogen) atoms. The van der Waals surface area contributed by atoms with Crippen LogP contribution < -0.4 is 10.9 Å². The summed E-state index contributed by atoms with van der Waals surface area (Å²) < 4.78 is 7.37. The minimum atomic E-state index is -0.167. The Hall–Kier alpha value is -2.87. The third-order valence-electron chi connectivity index (χ3n) is 5.66. The highest BCUT2D eigenvalue weighted by atomic mass is 35.5. The van der Waals surface area contributed by atoms with E-state index in [9.17, 15) is 9.59 Å². The Balaban J connectivity index is 1.38. The molecular weight excluding hydrogens is 458 g/mol. The van der Waals surface area contributed by atoms with Crippen LogP contribution in [0, 0.1) is 0 Å². The average molecular weight is 480 g/mol. The van der Waals surface area contributed by atoms with Gasteiger partial charge in [0.25, 0.3) is 5.56 Å². The summed E-state index contributed by atoms with van der Waals surface area (Å²) in [6, 6.07) is 18.9. The standard InChI is InChI=1S/C25H22ClN3O3S/c26-18-8-10-21-22(13-18)28-25(29(24(21)31)14-20-6-3-11-32-20)33-15-23(30)27-19-9-7-16-4-1-2-5-17(16)12-19/h1-2,4-5,7-10,12-13,20H,3,6,11,14-15H2,(H,27,30). The first-order valence-corrected chi connectivity index (χ1v) is 12.2. The lowest BCUT2D eigenvalue weighted by Gasteiger charge is -2.16. The number of hydrogen-bond acceptors (Lipinski definition) is 5. The molecule has 0 spiro atoms. The second-order valence-corrected chi connectivity index (χ2v) is 9.38. The Morgan fingerprint density at radius 1 is 1.15 bits per heavy atom. The summed E-state index contributed by atoms with van der Waals surface area (Å²) in [7, 11) is 0. The summed E-state index contributed by atoms with van der Waals surface area (Å²) in [5, 5.41) is 6.60. The molecule has 4 aromatic rings. The number of fused-ring (bicyclic) bond motifs is 2. The molecule has 1 saturated heterocycles. The lowest BCUT2D eigenvalue weighted by molar-refractivity contribution is -0.113. The predicted molar refractivity (Wildman–Crippen MR) is 133 cm³/mol. The van der Waals surface area contributed by atoms with E-state index in [1.165, 1.54) is 11.8 Å². The molecular formula is C25H22ClN3O3S. The van der Waals surface area contributed by atoms with Crippen molar-refractivity contribution in [2.45, 2.75) is 30.6 Å². The van der Waals surface area contributed by atoms with E-state index in [2.05, 4.69) is 10.3 Å². The van der Waals surface area contributed by atoms with E-state index in [1.807, 2.05) is 42.5 Å². The van der Waals surface area contributed by atoms with Crippen LogP contribution in [0.5, 0.6) is 0 Å². The second-order valence-electron chi connectivity index (χ2n) is 8.01. The van der Waals surface area contributed by atoms with Crippen molar-refractivity contribution in [3.05, 3.63) is 76.0 Å². The number of thioether (sulfide) groups is 1. The number of anilines is 1. The average Bonchev–Trinajstić information content (AvgIpc) is 3.33. The molecule has 3 aromatic carbocycles. The molecule has 1 N–H and O–H groups in total. The largest absolute Gasteiger partial charge is 0.376 e. The van der Waals surface area contributed by atoms with Gasteiger partial charge in [-0.2, -0.15) is 0 Å². The van der Waals surface area contributed by atoms with E-state index in [-0.39, 0.29) is 23.3 Å². The van der Waals surface area contributed by atoms with Crippen LogP contribution in [0.15, 0.2) is 70.6 Å². The zero-order valence-electron chi connectivity index (χ0n) is 17.8. The third kappa shape index (κ3) is 4.90. The fourth-order valence-electron chi connectivity index (χ4n) is 4.03. The maximum absolute atomic E-state index is 13.2. The molecule has 5 rings (SSSR count). The molecule has 1 aliphatic heterocycles. The number of amides is 1. The Morgan fingerprint density at radius 3 is 2.82 bits per heavy atom. The molecule has 1 amide bonds. The number of benzene rings is 3. The zero-order chi connectivity index (χ0) is 22.8. The van der Waals surface area contributed by atoms with Gasteiger partial charge in [0, 0.05) is 17.3 Å². The fourth-order valence-corrected chi connectivity index (χ4v) is 5.01. The van der Waals surface area contributed by atoms with E-state index in [0.29, 0.717) is 34.2 Å². The molecule has 0 saturated carbocycles. The van der Waals surface area contributed by atoms with Gasteiger partial charge in [-0.15, -0.1) is 0 Å². The van der Waals surface area contributed by atoms with Gasteiger partial charge >= 0.3 is 0 Å². The Labute approximate surface area is 199 Å². The molecule has 1 fully saturated rings. The number of ether oxygens (including phenoxy) is 1. The fraction of sp³-hybridized carbons (Fsp3) is 0.240. The molecule has 1 atom stereocenters. The molecule has 1 aliphatic rings. The van der Waals surface area contributed by atoms with Gasteiger partial charge in [-0.3, -0.25) is 14.2 Å². The molecule has 0 aliphatic carbocycles. The molecule has 0 bridgehead atoms. The number of carbonyl (C=O) groups is 1. The molecule has 2 heterocycles. The van der Waals surface area contributed by atoms with Gasteiger partial charge in [0.2, 0.25) is 5.91 Å². The minimum absolute atomic E-state index is 0.0278. The van der Waals surface area contributed by atoms with Gasteiger partial charge in [-0.1, -0.05) is 53.7 Å². The van der Waals surface area contributed by atoms with Crippen LogP contribution in [0.1, 0.15) is 12.8 Å². The highest BCUT2D eigenvalue weighted by Crippen LogP contribution is 2.24. The van der Waals surface area contributed by atoms with E-state index in [1.54, 1.807) is 22.8 Å². The van der Waals surface area contributed by atoms with Crippen LogP contribution in [-0.4, -0.2) is 33.9 Å². The van der Waals surface area contributed by atoms with Crippen LogP contribution in [0.2, 0.25) is 5.02 Å². The number of carbonyl (C=O) groups excluding carboxylic acids is 1. The second kappa shape index (κ2) is 9.55. The first-order valence-electron chi connectivity index (χ1n) is 10.8. The maximum atomic E-state index is 13.2. The summed E-state index contributed by atoms with van der Waals surface area (Å²) >= 11 is 7.36. The van der Waals surface area contributed by atoms with Crippen molar-refractivity contribution in [3.8, 4) is 0 Å². The summed E-state index contributed by atoms with van der Waals surface area (Å²) in [6.07, 6.45) is 1.85. The molecule has 168 valence electrons. The van der Waals surface area contributed by atoms with Crippen LogP contribution in [0.4, 0.5) is 5.69 Å². The molecule has 6 nitrogen and oxygen atoms in total. The van der Waals surface area contributed by atoms with Crippen molar-refractivity contribution in [1.29, 1.82) is 0 Å². The highest BCUT2D eigenvalue weighted by molar-refractivity contribution is 7.99. The number of nitrogens with zero attached hydrogens (tertiary/aromatic N) is 2. The van der Waals surface area contributed by atoms with Gasteiger partial charge in [0.15, 0.2) is 5.16 Å². The van der Waals surface area contributed by atoms with Crippen molar-refractivity contribution >= 4 is 56.6 Å². The maximum Gasteiger partial charge on any atom is 0.262 e. The first-order chi connectivity index (χ1) is 16.1. The third-order valence-corrected chi connectivity index (χ3v) is 6.87. The van der Waals surface area contributed by atoms with Crippen molar-refractivity contribution in [3.63, 3.8) is 0 Å². The highest BCUT2D eigenvalue weighted by Gasteiger charge is 2.21. The zero-order valence-corrected chi connectivity index (χ0v) is 19.4. The predicted octanol–water partition coefficient (Wildman–Crippen LogP) is 5.11. The number of aromatic nitrogens is 2. The Morgan fingerprint density at radius 2 is 2.00 bits per heavy atom. The smallest absolute Gasteiger partial charge is 0.262 e. The van der Waals surface area contributed by atoms with Gasteiger partial charge in [-0.25, -0.2) is 4.98 Å². The normalized spacial score (nSPS) is 15.8. The Kier molecular flexibility index (Phi) is 6.35. The van der Waals surface area contributed by atoms with Crippen molar-refractivity contribution in [2.24, 2.45) is 0 Å². The van der Waals surface area contributed by atoms with Gasteiger partial charge < -0.3 is 10.1 Å². The van der Waals surface area contributed by atoms with Crippen LogP contribution >= 0.6 is 23.4 Å². The summed E-state index contributed by atoms with van der Waals surface area (Å²) in [5.41, 5.74) is 1.10. The number of rotatable bonds is 6. The monoisotopic (exact) mass is 479 g/mol. The molecule has 1 aromatic heterocycles. The van der Waals surface area contributed by atoms with E-state index < -0.39 is 0 Å². The number of hydrogen-bond donors (Lipinski definition) is 1. The summed E-state index contributed by atoms with van der Waals surface area (Å²) in [4.78, 5) is 30.6. The summed E-state index contributed by atoms with van der Waals surface area (Å²) in [6.45, 7) is 1.12. The quantitative estimate of drug-likeness (QED) is 0.307. The van der Waals surface area contributed by atoms with Crippen LogP contribution in [0.3, 0.4) is 0 Å². The summed E-state index contributed by atoms with van der Waals surface area (Å²) in [5.74, 6) is -0.0453. The van der Waals surface area contributed by atoms with Crippen molar-refractivity contribution in [2.75, 3.05) is 17.7 Å². The van der Waals surface area contributed by atoms with Crippen molar-refractivity contribution in [1.82, 2.24) is 9.55 Å². The molecule has 0 radical (unpaired) electrons. The van der Waals surface area contributed by atoms with E-state index in [0.717, 1.165) is 29.3 Å². The minimum Gasteiger partial charge on any atom is -0.376 e. The van der Waals surface area contributed by atoms with Crippen LogP contribution in [-0.2, 0) is 16.1 Å². The lowest BCUT2D eigenvalue weighted by atomic mass is 10.1. The lowest BCUT2D eigenvalue weighted by Crippen LogP contribution is -2.29. The SMILES string of the molecule is O=C(CSc1nc2cc(Cl)ccc2c(=O)n1CC1CCCO1)Nc1ccc2ccccc2c1. The van der Waals surface area contributed by atoms with Gasteiger partial charge in [-0.05, 0) is 53.9 Å². The number of nitrogens with one attached hydrogen (secondary N) is 1. The van der Waals surface area contributed by atoms with E-state index in [4.69, 9.17) is 16.3 Å².